The third-order valence-corrected chi connectivity index (χ3v) is 6.26. The molecule has 2 aromatic carbocycles. The van der Waals surface area contributed by atoms with Gasteiger partial charge in [-0.05, 0) is 37.3 Å². The highest BCUT2D eigenvalue weighted by Gasteiger charge is 2.21. The smallest absolute Gasteiger partial charge is 0.250 e. The van der Waals surface area contributed by atoms with Gasteiger partial charge in [-0.25, -0.2) is 5.43 Å². The first-order valence-electron chi connectivity index (χ1n) is 11.2. The van der Waals surface area contributed by atoms with E-state index in [4.69, 9.17) is 14.2 Å². The van der Waals surface area contributed by atoms with Crippen molar-refractivity contribution >= 4 is 23.4 Å². The van der Waals surface area contributed by atoms with Gasteiger partial charge in [0.2, 0.25) is 5.75 Å². The summed E-state index contributed by atoms with van der Waals surface area (Å²) < 4.78 is 18.4. The molecule has 4 aromatic rings. The van der Waals surface area contributed by atoms with Gasteiger partial charge in [0, 0.05) is 29.2 Å². The zero-order valence-corrected chi connectivity index (χ0v) is 21.7. The van der Waals surface area contributed by atoms with Crippen LogP contribution in [0.3, 0.4) is 0 Å². The van der Waals surface area contributed by atoms with E-state index in [1.807, 2.05) is 59.2 Å². The third kappa shape index (κ3) is 5.89. The predicted octanol–water partition coefficient (Wildman–Crippen LogP) is 3.99. The zero-order chi connectivity index (χ0) is 26.2. The molecule has 0 fully saturated rings. The number of carbonyl (C=O) groups is 1. The van der Waals surface area contributed by atoms with Gasteiger partial charge >= 0.3 is 0 Å². The number of nitrogens with zero attached hydrogens (tertiary/aromatic N) is 5. The van der Waals surface area contributed by atoms with Crippen LogP contribution in [0.5, 0.6) is 17.2 Å². The van der Waals surface area contributed by atoms with Crippen LogP contribution < -0.4 is 19.6 Å². The summed E-state index contributed by atoms with van der Waals surface area (Å²) in [4.78, 5) is 16.6. The van der Waals surface area contributed by atoms with Crippen molar-refractivity contribution in [3.63, 3.8) is 0 Å². The average Bonchev–Trinajstić information content (AvgIpc) is 3.38. The van der Waals surface area contributed by atoms with Crippen LogP contribution in [-0.2, 0) is 4.79 Å². The molecule has 0 spiro atoms. The van der Waals surface area contributed by atoms with Gasteiger partial charge < -0.3 is 14.2 Å². The zero-order valence-electron chi connectivity index (χ0n) is 20.8. The first-order valence-corrected chi connectivity index (χ1v) is 12.2. The summed E-state index contributed by atoms with van der Waals surface area (Å²) in [5.41, 5.74) is 5.62. The van der Waals surface area contributed by atoms with E-state index >= 15 is 0 Å². The fourth-order valence-corrected chi connectivity index (χ4v) is 4.26. The topological polar surface area (TPSA) is 113 Å². The molecule has 0 saturated heterocycles. The van der Waals surface area contributed by atoms with Gasteiger partial charge in [0.1, 0.15) is 0 Å². The Balaban J connectivity index is 1.62. The molecular formula is C26H26N6O4S. The van der Waals surface area contributed by atoms with Crippen LogP contribution in [0.4, 0.5) is 0 Å². The molecule has 1 amide bonds. The lowest BCUT2D eigenvalue weighted by atomic mass is 10.1. The minimum absolute atomic E-state index is 0.0873. The average molecular weight is 519 g/mol. The van der Waals surface area contributed by atoms with Crippen LogP contribution in [0, 0.1) is 0 Å². The van der Waals surface area contributed by atoms with Gasteiger partial charge in [-0.2, -0.15) is 5.10 Å². The number of benzene rings is 2. The number of amides is 1. The second kappa shape index (κ2) is 12.0. The van der Waals surface area contributed by atoms with E-state index in [-0.39, 0.29) is 11.7 Å². The number of aromatic nitrogens is 4. The Bertz CT molecular complexity index is 1370. The van der Waals surface area contributed by atoms with Gasteiger partial charge in [0.05, 0.1) is 32.8 Å². The maximum Gasteiger partial charge on any atom is 0.250 e. The van der Waals surface area contributed by atoms with Crippen LogP contribution in [0.2, 0.25) is 0 Å². The van der Waals surface area contributed by atoms with E-state index in [9.17, 15) is 4.79 Å². The van der Waals surface area contributed by atoms with Crippen LogP contribution in [-0.4, -0.2) is 58.4 Å². The Labute approximate surface area is 218 Å². The van der Waals surface area contributed by atoms with Crippen LogP contribution >= 0.6 is 11.8 Å². The lowest BCUT2D eigenvalue weighted by molar-refractivity contribution is -0.118. The van der Waals surface area contributed by atoms with Crippen molar-refractivity contribution in [2.45, 2.75) is 12.1 Å². The molecule has 1 N–H and O–H groups in total. The SMILES string of the molecule is COc1cc(-c2nnc(SCC(=O)N/N=C(/C)c3cccnc3)n2-c2ccccc2)cc(OC)c1OC. The van der Waals surface area contributed by atoms with Gasteiger partial charge in [-0.1, -0.05) is 36.0 Å². The first-order chi connectivity index (χ1) is 18.0. The van der Waals surface area contributed by atoms with Crippen molar-refractivity contribution in [3.05, 3.63) is 72.6 Å². The molecular weight excluding hydrogens is 492 g/mol. The number of hydrogen-bond acceptors (Lipinski definition) is 9. The monoisotopic (exact) mass is 518 g/mol. The number of rotatable bonds is 10. The Morgan fingerprint density at radius 2 is 1.73 bits per heavy atom. The molecule has 0 bridgehead atoms. The van der Waals surface area contributed by atoms with Crippen LogP contribution in [0.1, 0.15) is 12.5 Å². The summed E-state index contributed by atoms with van der Waals surface area (Å²) in [5, 5.41) is 13.5. The van der Waals surface area contributed by atoms with E-state index in [1.54, 1.807) is 40.6 Å². The minimum Gasteiger partial charge on any atom is -0.493 e. The number of pyridine rings is 1. The Morgan fingerprint density at radius 3 is 2.35 bits per heavy atom. The molecule has 0 aliphatic carbocycles. The van der Waals surface area contributed by atoms with E-state index in [1.165, 1.54) is 11.8 Å². The van der Waals surface area contributed by atoms with E-state index in [0.29, 0.717) is 39.5 Å². The van der Waals surface area contributed by atoms with Crippen molar-refractivity contribution in [1.29, 1.82) is 0 Å². The summed E-state index contributed by atoms with van der Waals surface area (Å²) >= 11 is 1.25. The van der Waals surface area contributed by atoms with Crippen LogP contribution in [0.15, 0.2) is 77.2 Å². The molecule has 37 heavy (non-hydrogen) atoms. The molecule has 4 rings (SSSR count). The van der Waals surface area contributed by atoms with Crippen molar-refractivity contribution in [2.24, 2.45) is 5.10 Å². The van der Waals surface area contributed by atoms with E-state index in [2.05, 4.69) is 25.7 Å². The normalized spacial score (nSPS) is 11.2. The molecule has 0 aliphatic heterocycles. The lowest BCUT2D eigenvalue weighted by Crippen LogP contribution is -2.21. The molecule has 0 radical (unpaired) electrons. The van der Waals surface area contributed by atoms with Crippen molar-refractivity contribution in [1.82, 2.24) is 25.2 Å². The standard InChI is InChI=1S/C26H26N6O4S/c1-17(18-9-8-12-27-15-18)28-29-23(33)16-37-26-31-30-25(32(26)20-10-6-5-7-11-20)19-13-21(34-2)24(36-4)22(14-19)35-3/h5-15H,16H2,1-4H3,(H,29,33)/b28-17-. The van der Waals surface area contributed by atoms with Crippen molar-refractivity contribution < 1.29 is 19.0 Å². The number of thioether (sulfide) groups is 1. The van der Waals surface area contributed by atoms with Gasteiger partial charge in [0.15, 0.2) is 22.5 Å². The number of carbonyl (C=O) groups excluding carboxylic acids is 1. The molecule has 0 unspecified atom stereocenters. The highest BCUT2D eigenvalue weighted by Crippen LogP contribution is 2.41. The molecule has 2 heterocycles. The van der Waals surface area contributed by atoms with Gasteiger partial charge in [-0.15, -0.1) is 10.2 Å². The Kier molecular flexibility index (Phi) is 8.37. The quantitative estimate of drug-likeness (QED) is 0.191. The second-order valence-electron chi connectivity index (χ2n) is 7.65. The number of hydrogen-bond donors (Lipinski definition) is 1. The summed E-state index contributed by atoms with van der Waals surface area (Å²) in [6, 6.07) is 17.0. The molecule has 10 nitrogen and oxygen atoms in total. The van der Waals surface area contributed by atoms with E-state index < -0.39 is 0 Å². The number of para-hydroxylation sites is 1. The molecule has 2 aromatic heterocycles. The fraction of sp³-hybridized carbons (Fsp3) is 0.192. The number of ether oxygens (including phenoxy) is 3. The van der Waals surface area contributed by atoms with E-state index in [0.717, 1.165) is 11.3 Å². The maximum atomic E-state index is 12.6. The van der Waals surface area contributed by atoms with Crippen molar-refractivity contribution in [2.75, 3.05) is 27.1 Å². The number of methoxy groups -OCH3 is 3. The molecule has 0 saturated carbocycles. The minimum atomic E-state index is -0.273. The van der Waals surface area contributed by atoms with Gasteiger partial charge in [0.25, 0.3) is 5.91 Å². The molecule has 0 aliphatic rings. The summed E-state index contributed by atoms with van der Waals surface area (Å²) in [6.45, 7) is 1.81. The Morgan fingerprint density at radius 1 is 1.00 bits per heavy atom. The third-order valence-electron chi connectivity index (χ3n) is 5.33. The number of hydrazone groups is 1. The molecule has 11 heteroatoms. The largest absolute Gasteiger partial charge is 0.493 e. The lowest BCUT2D eigenvalue weighted by Gasteiger charge is -2.15. The highest BCUT2D eigenvalue weighted by molar-refractivity contribution is 7.99. The second-order valence-corrected chi connectivity index (χ2v) is 8.60. The van der Waals surface area contributed by atoms with Crippen LogP contribution in [0.25, 0.3) is 17.1 Å². The fourth-order valence-electron chi connectivity index (χ4n) is 3.52. The van der Waals surface area contributed by atoms with Gasteiger partial charge in [-0.3, -0.25) is 14.3 Å². The van der Waals surface area contributed by atoms with Crippen molar-refractivity contribution in [3.8, 4) is 34.3 Å². The summed E-state index contributed by atoms with van der Waals surface area (Å²) in [5.74, 6) is 1.84. The number of nitrogens with one attached hydrogen (secondary N) is 1. The Hall–Kier alpha value is -4.38. The molecule has 0 atom stereocenters. The predicted molar refractivity (Wildman–Crippen MR) is 142 cm³/mol. The molecule has 190 valence electrons. The summed E-state index contributed by atoms with van der Waals surface area (Å²) in [6.07, 6.45) is 3.37. The highest BCUT2D eigenvalue weighted by atomic mass is 32.2. The maximum absolute atomic E-state index is 12.6. The summed E-state index contributed by atoms with van der Waals surface area (Å²) in [7, 11) is 4.66. The first kappa shape index (κ1) is 25.7.